The van der Waals surface area contributed by atoms with Crippen LogP contribution in [-0.4, -0.2) is 35.9 Å². The third kappa shape index (κ3) is 4.66. The Morgan fingerprint density at radius 1 is 0.900 bits per heavy atom. The van der Waals surface area contributed by atoms with Gasteiger partial charge >= 0.3 is 6.09 Å². The molecule has 212 valence electrons. The van der Waals surface area contributed by atoms with Crippen LogP contribution in [0, 0.1) is 34.5 Å². The zero-order valence-corrected chi connectivity index (χ0v) is 23.0. The van der Waals surface area contributed by atoms with Crippen molar-refractivity contribution in [3.8, 4) is 0 Å². The van der Waals surface area contributed by atoms with Gasteiger partial charge in [-0.25, -0.2) is 4.79 Å². The van der Waals surface area contributed by atoms with Gasteiger partial charge in [0.1, 0.15) is 0 Å². The molecule has 2 aromatic rings. The van der Waals surface area contributed by atoms with Crippen LogP contribution in [0.25, 0.3) is 0 Å². The van der Waals surface area contributed by atoms with Crippen LogP contribution in [0.4, 0.5) is 4.79 Å². The standard InChI is InChI=1S/C32H40N4O4/c33-27(24-9-5-2-6-10-24)40-30(39)36-13-11-31(12-14-36,29(38)35-20-21-7-3-1-4-8-21)26-25-16-22-15-23(17-25)19-32(26,18-22)28(34)37/h1-10,22-23,25-27H,11-20,33H2,(H2,34,37)(H,35,38). The van der Waals surface area contributed by atoms with Gasteiger partial charge in [-0.3, -0.25) is 15.3 Å². The van der Waals surface area contributed by atoms with E-state index in [0.717, 1.165) is 36.8 Å². The molecular weight excluding hydrogens is 504 g/mol. The minimum absolute atomic E-state index is 0.0246. The Balaban J connectivity index is 1.25. The molecule has 5 aliphatic rings. The van der Waals surface area contributed by atoms with Crippen LogP contribution >= 0.6 is 0 Å². The van der Waals surface area contributed by atoms with E-state index < -0.39 is 23.2 Å². The molecule has 7 rings (SSSR count). The lowest BCUT2D eigenvalue weighted by Gasteiger charge is -2.65. The number of primary amides is 1. The van der Waals surface area contributed by atoms with Crippen molar-refractivity contribution in [3.63, 3.8) is 0 Å². The van der Waals surface area contributed by atoms with E-state index >= 15 is 0 Å². The van der Waals surface area contributed by atoms with Crippen LogP contribution in [0.15, 0.2) is 60.7 Å². The van der Waals surface area contributed by atoms with E-state index in [-0.39, 0.29) is 17.7 Å². The Hall–Kier alpha value is -3.39. The van der Waals surface area contributed by atoms with Crippen molar-refractivity contribution in [1.82, 2.24) is 10.2 Å². The SMILES string of the molecule is NC(=O)C12CC3CC(CC(C3)C1C1(C(=O)NCc3ccccc3)CCN(C(=O)OC(N)c3ccccc3)CC1)C2. The summed E-state index contributed by atoms with van der Waals surface area (Å²) in [6.45, 7) is 1.15. The highest BCUT2D eigenvalue weighted by Gasteiger charge is 2.67. The first kappa shape index (κ1) is 26.8. The second-order valence-corrected chi connectivity index (χ2v) is 12.6. The zero-order chi connectivity index (χ0) is 27.9. The largest absolute Gasteiger partial charge is 0.426 e. The summed E-state index contributed by atoms with van der Waals surface area (Å²) in [5, 5.41) is 3.23. The molecule has 4 bridgehead atoms. The summed E-state index contributed by atoms with van der Waals surface area (Å²) in [7, 11) is 0. The first-order valence-electron chi connectivity index (χ1n) is 14.7. The second-order valence-electron chi connectivity index (χ2n) is 12.6. The molecule has 1 aliphatic heterocycles. The summed E-state index contributed by atoms with van der Waals surface area (Å²) in [5.74, 6) is 0.934. The minimum atomic E-state index is -0.864. The topological polar surface area (TPSA) is 128 Å². The number of likely N-dealkylation sites (tertiary alicyclic amines) is 1. The van der Waals surface area contributed by atoms with Crippen molar-refractivity contribution in [1.29, 1.82) is 0 Å². The Morgan fingerprint density at radius 3 is 2.10 bits per heavy atom. The Bertz CT molecular complexity index is 1230. The highest BCUT2D eigenvalue weighted by Crippen LogP contribution is 2.68. The number of carbonyl (C=O) groups excluding carboxylic acids is 3. The first-order valence-corrected chi connectivity index (χ1v) is 14.7. The predicted molar refractivity (Wildman–Crippen MR) is 150 cm³/mol. The van der Waals surface area contributed by atoms with E-state index in [4.69, 9.17) is 16.2 Å². The van der Waals surface area contributed by atoms with Crippen molar-refractivity contribution in [3.05, 3.63) is 71.8 Å². The van der Waals surface area contributed by atoms with Crippen LogP contribution < -0.4 is 16.8 Å². The average molecular weight is 545 g/mol. The summed E-state index contributed by atoms with van der Waals surface area (Å²) in [5.41, 5.74) is 12.7. The van der Waals surface area contributed by atoms with Gasteiger partial charge in [-0.2, -0.15) is 0 Å². The lowest BCUT2D eigenvalue weighted by atomic mass is 9.39. The molecule has 5 N–H and O–H groups in total. The number of carbonyl (C=O) groups is 3. The molecule has 8 heteroatoms. The van der Waals surface area contributed by atoms with E-state index in [9.17, 15) is 14.4 Å². The number of rotatable bonds is 7. The fraction of sp³-hybridized carbons (Fsp3) is 0.531. The van der Waals surface area contributed by atoms with Gasteiger partial charge in [0.15, 0.2) is 6.23 Å². The Labute approximate surface area is 235 Å². The number of nitrogens with one attached hydrogen (secondary N) is 1. The summed E-state index contributed by atoms with van der Waals surface area (Å²) >= 11 is 0. The average Bonchev–Trinajstić information content (AvgIpc) is 2.96. The third-order valence-corrected chi connectivity index (χ3v) is 10.4. The smallest absolute Gasteiger partial charge is 0.411 e. The molecule has 1 heterocycles. The summed E-state index contributed by atoms with van der Waals surface area (Å²) in [4.78, 5) is 42.3. The van der Waals surface area contributed by atoms with Crippen LogP contribution in [0.3, 0.4) is 0 Å². The molecule has 8 nitrogen and oxygen atoms in total. The van der Waals surface area contributed by atoms with Crippen LogP contribution in [0.1, 0.15) is 62.3 Å². The van der Waals surface area contributed by atoms with Gasteiger partial charge in [0, 0.05) is 25.2 Å². The van der Waals surface area contributed by atoms with Crippen LogP contribution in [-0.2, 0) is 20.9 Å². The van der Waals surface area contributed by atoms with E-state index in [1.165, 1.54) is 6.42 Å². The summed E-state index contributed by atoms with van der Waals surface area (Å²) < 4.78 is 5.60. The zero-order valence-electron chi connectivity index (χ0n) is 23.0. The number of piperidine rings is 1. The maximum absolute atomic E-state index is 14.3. The van der Waals surface area contributed by atoms with Crippen molar-refractivity contribution < 1.29 is 19.1 Å². The fourth-order valence-electron chi connectivity index (χ4n) is 8.99. The molecule has 40 heavy (non-hydrogen) atoms. The molecule has 1 saturated heterocycles. The van der Waals surface area contributed by atoms with E-state index in [2.05, 4.69) is 5.32 Å². The molecule has 5 fully saturated rings. The van der Waals surface area contributed by atoms with Gasteiger partial charge in [-0.1, -0.05) is 60.7 Å². The maximum Gasteiger partial charge on any atom is 0.411 e. The molecule has 4 atom stereocenters. The van der Waals surface area contributed by atoms with Crippen molar-refractivity contribution >= 4 is 17.9 Å². The van der Waals surface area contributed by atoms with Crippen LogP contribution in [0.2, 0.25) is 0 Å². The number of amides is 3. The van der Waals surface area contributed by atoms with E-state index in [0.29, 0.717) is 50.2 Å². The highest BCUT2D eigenvalue weighted by molar-refractivity contribution is 5.87. The van der Waals surface area contributed by atoms with Crippen LogP contribution in [0.5, 0.6) is 0 Å². The van der Waals surface area contributed by atoms with Crippen molar-refractivity contribution in [2.45, 2.75) is 57.7 Å². The minimum Gasteiger partial charge on any atom is -0.426 e. The predicted octanol–water partition coefficient (Wildman–Crippen LogP) is 4.11. The second kappa shape index (κ2) is 10.5. The Kier molecular flexibility index (Phi) is 7.07. The fourth-order valence-corrected chi connectivity index (χ4v) is 8.99. The molecule has 4 aliphatic carbocycles. The van der Waals surface area contributed by atoms with Gasteiger partial charge < -0.3 is 20.7 Å². The summed E-state index contributed by atoms with van der Waals surface area (Å²) in [6, 6.07) is 19.1. The molecule has 0 spiro atoms. The maximum atomic E-state index is 14.3. The van der Waals surface area contributed by atoms with Gasteiger partial charge in [0.25, 0.3) is 0 Å². The molecular formula is C32H40N4O4. The third-order valence-electron chi connectivity index (χ3n) is 10.4. The molecule has 3 amide bonds. The quantitative estimate of drug-likeness (QED) is 0.452. The number of nitrogens with two attached hydrogens (primary N) is 2. The van der Waals surface area contributed by atoms with Gasteiger partial charge in [-0.05, 0) is 74.2 Å². The summed E-state index contributed by atoms with van der Waals surface area (Å²) in [6.07, 6.45) is 4.44. The van der Waals surface area contributed by atoms with Crippen molar-refractivity contribution in [2.24, 2.45) is 46.0 Å². The molecule has 0 radical (unpaired) electrons. The number of ether oxygens (including phenoxy) is 1. The number of hydrogen-bond acceptors (Lipinski definition) is 5. The van der Waals surface area contributed by atoms with E-state index in [1.54, 1.807) is 4.90 Å². The number of benzene rings is 2. The number of nitrogens with zero attached hydrogens (tertiary/aromatic N) is 1. The van der Waals surface area contributed by atoms with Gasteiger partial charge in [0.2, 0.25) is 11.8 Å². The first-order chi connectivity index (χ1) is 19.3. The highest BCUT2D eigenvalue weighted by atomic mass is 16.6. The van der Waals surface area contributed by atoms with Crippen molar-refractivity contribution in [2.75, 3.05) is 13.1 Å². The lowest BCUT2D eigenvalue weighted by Crippen LogP contribution is -2.67. The Morgan fingerprint density at radius 2 is 1.50 bits per heavy atom. The number of hydrogen-bond donors (Lipinski definition) is 3. The van der Waals surface area contributed by atoms with E-state index in [1.807, 2.05) is 60.7 Å². The van der Waals surface area contributed by atoms with Gasteiger partial charge in [0.05, 0.1) is 10.8 Å². The lowest BCUT2D eigenvalue weighted by molar-refractivity contribution is -0.187. The normalized spacial score (nSPS) is 30.9. The molecule has 0 aromatic heterocycles. The molecule has 2 aromatic carbocycles. The van der Waals surface area contributed by atoms with Gasteiger partial charge in [-0.15, -0.1) is 0 Å². The molecule has 4 saturated carbocycles. The molecule has 4 unspecified atom stereocenters. The monoisotopic (exact) mass is 544 g/mol.